The zero-order valence-corrected chi connectivity index (χ0v) is 44.7. The number of carbonyl (C=O) groups excluding carboxylic acids is 3. The summed E-state index contributed by atoms with van der Waals surface area (Å²) in [5.41, 5.74) is 0. The van der Waals surface area contributed by atoms with Gasteiger partial charge >= 0.3 is 17.9 Å². The summed E-state index contributed by atoms with van der Waals surface area (Å²) in [6, 6.07) is 0. The highest BCUT2D eigenvalue weighted by molar-refractivity contribution is 5.71. The van der Waals surface area contributed by atoms with Crippen molar-refractivity contribution in [3.05, 3.63) is 48.6 Å². The molecule has 0 N–H and O–H groups in total. The fourth-order valence-electron chi connectivity index (χ4n) is 8.45. The van der Waals surface area contributed by atoms with Crippen molar-refractivity contribution >= 4 is 17.9 Å². The second-order valence-electron chi connectivity index (χ2n) is 19.5. The molecule has 0 amide bonds. The first-order valence-corrected chi connectivity index (χ1v) is 29.1. The van der Waals surface area contributed by atoms with E-state index in [4.69, 9.17) is 14.2 Å². The average Bonchev–Trinajstić information content (AvgIpc) is 3.33. The van der Waals surface area contributed by atoms with E-state index in [0.717, 1.165) is 96.3 Å². The average molecular weight is 940 g/mol. The van der Waals surface area contributed by atoms with Gasteiger partial charge in [-0.1, -0.05) is 256 Å². The van der Waals surface area contributed by atoms with Crippen molar-refractivity contribution in [1.29, 1.82) is 0 Å². The normalized spacial score (nSPS) is 12.3. The molecule has 0 heterocycles. The monoisotopic (exact) mass is 939 g/mol. The summed E-state index contributed by atoms with van der Waals surface area (Å²) in [4.78, 5) is 38.2. The van der Waals surface area contributed by atoms with E-state index < -0.39 is 6.10 Å². The van der Waals surface area contributed by atoms with Crippen LogP contribution in [0.1, 0.15) is 303 Å². The highest BCUT2D eigenvalue weighted by atomic mass is 16.6. The Kier molecular flexibility index (Phi) is 53.8. The lowest BCUT2D eigenvalue weighted by atomic mass is 10.0. The van der Waals surface area contributed by atoms with Gasteiger partial charge in [0, 0.05) is 19.3 Å². The third-order valence-electron chi connectivity index (χ3n) is 12.8. The molecule has 0 aliphatic carbocycles. The largest absolute Gasteiger partial charge is 0.462 e. The van der Waals surface area contributed by atoms with Crippen LogP contribution in [-0.4, -0.2) is 37.2 Å². The van der Waals surface area contributed by atoms with Gasteiger partial charge in [-0.3, -0.25) is 14.4 Å². The van der Waals surface area contributed by atoms with Crippen LogP contribution >= 0.6 is 0 Å². The third-order valence-corrected chi connectivity index (χ3v) is 12.8. The Morgan fingerprint density at radius 1 is 0.313 bits per heavy atom. The highest BCUT2D eigenvalue weighted by Crippen LogP contribution is 2.16. The molecule has 0 rings (SSSR count). The molecule has 67 heavy (non-hydrogen) atoms. The Morgan fingerprint density at radius 2 is 0.582 bits per heavy atom. The van der Waals surface area contributed by atoms with Gasteiger partial charge in [-0.05, 0) is 77.0 Å². The van der Waals surface area contributed by atoms with Crippen LogP contribution in [0.2, 0.25) is 0 Å². The second-order valence-corrected chi connectivity index (χ2v) is 19.5. The summed E-state index contributed by atoms with van der Waals surface area (Å²) in [6.45, 7) is 6.55. The van der Waals surface area contributed by atoms with E-state index in [1.165, 1.54) is 167 Å². The number of unbranched alkanes of at least 4 members (excludes halogenated alkanes) is 34. The summed E-state index contributed by atoms with van der Waals surface area (Å²) >= 11 is 0. The second kappa shape index (κ2) is 56.0. The Labute approximate surface area is 416 Å². The predicted molar refractivity (Wildman–Crippen MR) is 289 cm³/mol. The minimum Gasteiger partial charge on any atom is -0.462 e. The number of ether oxygens (including phenoxy) is 3. The number of carbonyl (C=O) groups is 3. The lowest BCUT2D eigenvalue weighted by molar-refractivity contribution is -0.167. The maximum absolute atomic E-state index is 12.9. The molecule has 1 atom stereocenters. The molecule has 0 aliphatic rings. The van der Waals surface area contributed by atoms with Crippen molar-refractivity contribution in [3.8, 4) is 0 Å². The van der Waals surface area contributed by atoms with Crippen LogP contribution in [0.3, 0.4) is 0 Å². The SMILES string of the molecule is CC/C=C\C/C=C\C/C=C\CCCCCCCC(=O)OCC(COC(=O)CCCCCCCCC/C=C\CCCCCCCC)OC(=O)CCCCCCCCCCCCCCCCCCC. The van der Waals surface area contributed by atoms with E-state index in [1.54, 1.807) is 0 Å². The first kappa shape index (κ1) is 64.4. The van der Waals surface area contributed by atoms with Gasteiger partial charge in [-0.15, -0.1) is 0 Å². The molecule has 0 aromatic carbocycles. The van der Waals surface area contributed by atoms with Crippen LogP contribution in [0.4, 0.5) is 0 Å². The molecule has 0 aliphatic heterocycles. The third kappa shape index (κ3) is 54.2. The Hall–Kier alpha value is -2.63. The van der Waals surface area contributed by atoms with E-state index in [0.29, 0.717) is 19.3 Å². The van der Waals surface area contributed by atoms with Crippen molar-refractivity contribution in [2.45, 2.75) is 309 Å². The molecule has 0 spiro atoms. The fraction of sp³-hybridized carbons (Fsp3) is 0.820. The molecule has 6 nitrogen and oxygen atoms in total. The maximum Gasteiger partial charge on any atom is 0.306 e. The quantitative estimate of drug-likeness (QED) is 0.0262. The zero-order valence-electron chi connectivity index (χ0n) is 44.7. The first-order valence-electron chi connectivity index (χ1n) is 29.1. The number of hydrogen-bond acceptors (Lipinski definition) is 6. The van der Waals surface area contributed by atoms with E-state index >= 15 is 0 Å². The van der Waals surface area contributed by atoms with E-state index in [9.17, 15) is 14.4 Å². The van der Waals surface area contributed by atoms with Gasteiger partial charge in [0.1, 0.15) is 13.2 Å². The van der Waals surface area contributed by atoms with Gasteiger partial charge in [0.05, 0.1) is 0 Å². The smallest absolute Gasteiger partial charge is 0.306 e. The van der Waals surface area contributed by atoms with Crippen molar-refractivity contribution in [2.75, 3.05) is 13.2 Å². The minimum absolute atomic E-state index is 0.0780. The van der Waals surface area contributed by atoms with Crippen molar-refractivity contribution < 1.29 is 28.6 Å². The summed E-state index contributed by atoms with van der Waals surface area (Å²) in [6.07, 6.45) is 68.1. The molecule has 0 saturated heterocycles. The first-order chi connectivity index (χ1) is 33.0. The molecule has 0 radical (unpaired) electrons. The molecule has 390 valence electrons. The number of allylic oxidation sites excluding steroid dienone is 8. The van der Waals surface area contributed by atoms with Crippen LogP contribution in [0.5, 0.6) is 0 Å². The topological polar surface area (TPSA) is 78.9 Å². The predicted octanol–water partition coefficient (Wildman–Crippen LogP) is 19.4. The number of esters is 3. The van der Waals surface area contributed by atoms with Crippen molar-refractivity contribution in [3.63, 3.8) is 0 Å². The molecular weight excluding hydrogens is 829 g/mol. The summed E-state index contributed by atoms with van der Waals surface area (Å²) in [7, 11) is 0. The zero-order chi connectivity index (χ0) is 48.6. The molecule has 0 aromatic heterocycles. The van der Waals surface area contributed by atoms with Crippen LogP contribution in [-0.2, 0) is 28.6 Å². The minimum atomic E-state index is -0.780. The molecule has 0 aromatic rings. The van der Waals surface area contributed by atoms with Crippen LogP contribution in [0, 0.1) is 0 Å². The molecule has 6 heteroatoms. The molecule has 0 fully saturated rings. The lowest BCUT2D eigenvalue weighted by Crippen LogP contribution is -2.30. The summed E-state index contributed by atoms with van der Waals surface area (Å²) in [5.74, 6) is -0.883. The van der Waals surface area contributed by atoms with E-state index in [2.05, 4.69) is 69.4 Å². The van der Waals surface area contributed by atoms with E-state index in [1.807, 2.05) is 0 Å². The van der Waals surface area contributed by atoms with Crippen molar-refractivity contribution in [2.24, 2.45) is 0 Å². The maximum atomic E-state index is 12.9. The highest BCUT2D eigenvalue weighted by Gasteiger charge is 2.19. The Morgan fingerprint density at radius 3 is 0.925 bits per heavy atom. The molecule has 0 bridgehead atoms. The summed E-state index contributed by atoms with van der Waals surface area (Å²) in [5, 5.41) is 0. The number of hydrogen-bond donors (Lipinski definition) is 0. The fourth-order valence-corrected chi connectivity index (χ4v) is 8.45. The Bertz CT molecular complexity index is 1170. The van der Waals surface area contributed by atoms with Gasteiger partial charge in [-0.25, -0.2) is 0 Å². The standard InChI is InChI=1S/C61H110O6/c1-4-7-10-13-16-19-22-25-28-30-33-36-39-42-45-48-51-54-60(63)66-57-58(56-65-59(62)53-50-47-44-41-38-35-32-27-24-21-18-15-12-9-6-3)67-61(64)55-52-49-46-43-40-37-34-31-29-26-23-20-17-14-11-8-5-2/h9,12,18,21,25,27-28,32,58H,4-8,10-11,13-17,19-20,22-24,26,29-31,33-57H2,1-3H3/b12-9-,21-18-,28-25-,32-27-. The van der Waals surface area contributed by atoms with Crippen molar-refractivity contribution in [1.82, 2.24) is 0 Å². The molecular formula is C61H110O6. The Balaban J connectivity index is 4.37. The molecule has 0 saturated carbocycles. The van der Waals surface area contributed by atoms with Gasteiger partial charge in [-0.2, -0.15) is 0 Å². The van der Waals surface area contributed by atoms with Crippen LogP contribution < -0.4 is 0 Å². The lowest BCUT2D eigenvalue weighted by Gasteiger charge is -2.18. The van der Waals surface area contributed by atoms with Crippen LogP contribution in [0.25, 0.3) is 0 Å². The van der Waals surface area contributed by atoms with E-state index in [-0.39, 0.29) is 31.1 Å². The van der Waals surface area contributed by atoms with Gasteiger partial charge in [0.25, 0.3) is 0 Å². The molecule has 1 unspecified atom stereocenters. The van der Waals surface area contributed by atoms with Gasteiger partial charge in [0.15, 0.2) is 6.10 Å². The van der Waals surface area contributed by atoms with Gasteiger partial charge in [0.2, 0.25) is 0 Å². The van der Waals surface area contributed by atoms with Crippen LogP contribution in [0.15, 0.2) is 48.6 Å². The summed E-state index contributed by atoms with van der Waals surface area (Å²) < 4.78 is 16.9. The van der Waals surface area contributed by atoms with Gasteiger partial charge < -0.3 is 14.2 Å². The number of rotatable bonds is 53.